The molecule has 0 unspecified atom stereocenters. The zero-order valence-corrected chi connectivity index (χ0v) is 11.0. The van der Waals surface area contributed by atoms with Crippen molar-refractivity contribution in [2.45, 2.75) is 6.18 Å². The number of nitrogens with zero attached hydrogens (tertiary/aromatic N) is 1. The third-order valence-corrected chi connectivity index (χ3v) is 2.78. The van der Waals surface area contributed by atoms with Crippen molar-refractivity contribution in [3.8, 4) is 0 Å². The van der Waals surface area contributed by atoms with Gasteiger partial charge in [-0.25, -0.2) is 0 Å². The molecule has 1 N–H and O–H groups in total. The van der Waals surface area contributed by atoms with Crippen LogP contribution < -0.4 is 0 Å². The van der Waals surface area contributed by atoms with E-state index < -0.39 is 31.1 Å². The van der Waals surface area contributed by atoms with Crippen LogP contribution in [-0.4, -0.2) is 41.1 Å². The van der Waals surface area contributed by atoms with Gasteiger partial charge in [0, 0.05) is 4.47 Å². The fourth-order valence-corrected chi connectivity index (χ4v) is 1.84. The highest BCUT2D eigenvalue weighted by Crippen LogP contribution is 2.21. The molecule has 0 aliphatic carbocycles. The Hall–Kier alpha value is -1.57. The number of carbonyl (C=O) groups excluding carboxylic acids is 1. The molecule has 0 atom stereocenters. The van der Waals surface area contributed by atoms with Crippen molar-refractivity contribution in [3.05, 3.63) is 34.3 Å². The monoisotopic (exact) mass is 339 g/mol. The van der Waals surface area contributed by atoms with E-state index in [1.165, 1.54) is 18.2 Å². The first kappa shape index (κ1) is 15.5. The van der Waals surface area contributed by atoms with Gasteiger partial charge >= 0.3 is 12.1 Å². The van der Waals surface area contributed by atoms with E-state index in [4.69, 9.17) is 5.11 Å². The molecule has 8 heteroatoms. The van der Waals surface area contributed by atoms with Gasteiger partial charge in [0.1, 0.15) is 13.1 Å². The fraction of sp³-hybridized carbons (Fsp3) is 0.273. The molecule has 19 heavy (non-hydrogen) atoms. The van der Waals surface area contributed by atoms with E-state index in [-0.39, 0.29) is 10.5 Å². The average Bonchev–Trinajstić information content (AvgIpc) is 2.25. The maximum atomic E-state index is 12.3. The van der Waals surface area contributed by atoms with Crippen LogP contribution in [-0.2, 0) is 4.79 Å². The van der Waals surface area contributed by atoms with E-state index in [1.54, 1.807) is 6.07 Å². The predicted octanol–water partition coefficient (Wildman–Crippen LogP) is 2.54. The van der Waals surface area contributed by atoms with Gasteiger partial charge in [0.05, 0.1) is 5.56 Å². The number of rotatable bonds is 4. The molecule has 0 radical (unpaired) electrons. The quantitative estimate of drug-likeness (QED) is 0.917. The van der Waals surface area contributed by atoms with Crippen LogP contribution in [0.1, 0.15) is 10.4 Å². The highest BCUT2D eigenvalue weighted by Gasteiger charge is 2.34. The van der Waals surface area contributed by atoms with E-state index in [2.05, 4.69) is 15.9 Å². The van der Waals surface area contributed by atoms with E-state index in [0.717, 1.165) is 0 Å². The molecule has 104 valence electrons. The van der Waals surface area contributed by atoms with Crippen LogP contribution in [0.5, 0.6) is 0 Å². The van der Waals surface area contributed by atoms with Gasteiger partial charge in [-0.15, -0.1) is 0 Å². The van der Waals surface area contributed by atoms with Crippen molar-refractivity contribution in [3.63, 3.8) is 0 Å². The lowest BCUT2D eigenvalue weighted by molar-refractivity contribution is -0.149. The van der Waals surface area contributed by atoms with Gasteiger partial charge in [-0.3, -0.25) is 9.59 Å². The SMILES string of the molecule is O=C(O)CN(CC(F)(F)F)C(=O)c1ccccc1Br. The minimum absolute atomic E-state index is 0.0204. The zero-order valence-electron chi connectivity index (χ0n) is 9.45. The smallest absolute Gasteiger partial charge is 0.406 e. The molecule has 1 rings (SSSR count). The van der Waals surface area contributed by atoms with Gasteiger partial charge in [-0.2, -0.15) is 13.2 Å². The number of alkyl halides is 3. The molecule has 1 aromatic rings. The molecule has 1 aromatic carbocycles. The molecule has 4 nitrogen and oxygen atoms in total. The molecular formula is C11H9BrF3NO3. The van der Waals surface area contributed by atoms with Crippen LogP contribution in [0.4, 0.5) is 13.2 Å². The number of carbonyl (C=O) groups is 2. The van der Waals surface area contributed by atoms with Crippen LogP contribution in [0.25, 0.3) is 0 Å². The van der Waals surface area contributed by atoms with Gasteiger partial charge in [0.15, 0.2) is 0 Å². The molecule has 0 saturated heterocycles. The summed E-state index contributed by atoms with van der Waals surface area (Å²) in [5.41, 5.74) is -0.0204. The molecule has 0 heterocycles. The Labute approximate surface area is 114 Å². The lowest BCUT2D eigenvalue weighted by Gasteiger charge is -2.22. The van der Waals surface area contributed by atoms with Crippen molar-refractivity contribution in [1.29, 1.82) is 0 Å². The lowest BCUT2D eigenvalue weighted by atomic mass is 10.2. The molecule has 0 aliphatic heterocycles. The molecular weight excluding hydrogens is 331 g/mol. The summed E-state index contributed by atoms with van der Waals surface area (Å²) in [6, 6.07) is 5.87. The van der Waals surface area contributed by atoms with Crippen LogP contribution in [0.2, 0.25) is 0 Å². The van der Waals surface area contributed by atoms with Gasteiger partial charge in [0.25, 0.3) is 5.91 Å². The fourth-order valence-electron chi connectivity index (χ4n) is 1.38. The Balaban J connectivity index is 3.01. The summed E-state index contributed by atoms with van der Waals surface area (Å²) >= 11 is 3.03. The minimum atomic E-state index is -4.66. The number of aliphatic carboxylic acids is 1. The van der Waals surface area contributed by atoms with Gasteiger partial charge in [-0.1, -0.05) is 12.1 Å². The van der Waals surface area contributed by atoms with Crippen LogP contribution in [0.3, 0.4) is 0 Å². The molecule has 0 fully saturated rings. The number of hydrogen-bond donors (Lipinski definition) is 1. The third kappa shape index (κ3) is 4.90. The molecule has 0 spiro atoms. The number of hydrogen-bond acceptors (Lipinski definition) is 2. The topological polar surface area (TPSA) is 57.6 Å². The van der Waals surface area contributed by atoms with E-state index in [9.17, 15) is 22.8 Å². The van der Waals surface area contributed by atoms with Gasteiger partial charge < -0.3 is 10.0 Å². The van der Waals surface area contributed by atoms with E-state index in [0.29, 0.717) is 4.47 Å². The summed E-state index contributed by atoms with van der Waals surface area (Å²) in [6.07, 6.45) is -4.66. The highest BCUT2D eigenvalue weighted by molar-refractivity contribution is 9.10. The Morgan fingerprint density at radius 1 is 1.26 bits per heavy atom. The summed E-state index contributed by atoms with van der Waals surface area (Å²) in [5.74, 6) is -2.50. The number of amides is 1. The first-order valence-electron chi connectivity index (χ1n) is 5.03. The standard InChI is InChI=1S/C11H9BrF3NO3/c12-8-4-2-1-3-7(8)10(19)16(5-9(17)18)6-11(13,14)15/h1-4H,5-6H2,(H,17,18). The lowest BCUT2D eigenvalue weighted by Crippen LogP contribution is -2.42. The molecule has 0 bridgehead atoms. The first-order valence-corrected chi connectivity index (χ1v) is 5.82. The second-order valence-electron chi connectivity index (χ2n) is 3.65. The number of benzene rings is 1. The Kier molecular flexibility index (Phi) is 4.93. The zero-order chi connectivity index (χ0) is 14.6. The highest BCUT2D eigenvalue weighted by atomic mass is 79.9. The average molecular weight is 340 g/mol. The maximum Gasteiger partial charge on any atom is 0.406 e. The number of halogens is 4. The summed E-state index contributed by atoms with van der Waals surface area (Å²) in [4.78, 5) is 22.7. The molecule has 0 aromatic heterocycles. The maximum absolute atomic E-state index is 12.3. The summed E-state index contributed by atoms with van der Waals surface area (Å²) in [5, 5.41) is 8.57. The van der Waals surface area contributed by atoms with E-state index >= 15 is 0 Å². The van der Waals surface area contributed by atoms with Gasteiger partial charge in [-0.05, 0) is 28.1 Å². The Bertz CT molecular complexity index is 490. The largest absolute Gasteiger partial charge is 0.480 e. The van der Waals surface area contributed by atoms with Gasteiger partial charge in [0.2, 0.25) is 0 Å². The molecule has 0 saturated carbocycles. The summed E-state index contributed by atoms with van der Waals surface area (Å²) < 4.78 is 37.3. The predicted molar refractivity (Wildman–Crippen MR) is 63.7 cm³/mol. The van der Waals surface area contributed by atoms with Crippen molar-refractivity contribution < 1.29 is 27.9 Å². The number of carboxylic acids is 1. The Morgan fingerprint density at radius 3 is 2.32 bits per heavy atom. The second-order valence-corrected chi connectivity index (χ2v) is 4.50. The normalized spacial score (nSPS) is 11.2. The second kappa shape index (κ2) is 6.05. The summed E-state index contributed by atoms with van der Waals surface area (Å²) in [7, 11) is 0. The van der Waals surface area contributed by atoms with E-state index in [1.807, 2.05) is 0 Å². The Morgan fingerprint density at radius 2 is 1.84 bits per heavy atom. The summed E-state index contributed by atoms with van der Waals surface area (Å²) in [6.45, 7) is -2.63. The minimum Gasteiger partial charge on any atom is -0.480 e. The first-order chi connectivity index (χ1) is 8.70. The molecule has 1 amide bonds. The van der Waals surface area contributed by atoms with Crippen LogP contribution in [0, 0.1) is 0 Å². The van der Waals surface area contributed by atoms with Crippen LogP contribution in [0.15, 0.2) is 28.7 Å². The van der Waals surface area contributed by atoms with Crippen LogP contribution >= 0.6 is 15.9 Å². The third-order valence-electron chi connectivity index (χ3n) is 2.09. The van der Waals surface area contributed by atoms with Crippen molar-refractivity contribution in [2.75, 3.05) is 13.1 Å². The number of carboxylic acid groups (broad SMARTS) is 1. The van der Waals surface area contributed by atoms with Crippen molar-refractivity contribution >= 4 is 27.8 Å². The molecule has 0 aliphatic rings. The van der Waals surface area contributed by atoms with Crippen molar-refractivity contribution in [2.24, 2.45) is 0 Å². The van der Waals surface area contributed by atoms with Crippen molar-refractivity contribution in [1.82, 2.24) is 4.90 Å².